The van der Waals surface area contributed by atoms with E-state index in [2.05, 4.69) is 16.8 Å². The van der Waals surface area contributed by atoms with Crippen LogP contribution in [0.5, 0.6) is 11.5 Å². The average molecular weight is 592 g/mol. The van der Waals surface area contributed by atoms with E-state index >= 15 is 0 Å². The monoisotopic (exact) mass is 590 g/mol. The lowest BCUT2D eigenvalue weighted by atomic mass is 10.0. The van der Waals surface area contributed by atoms with E-state index < -0.39 is 0 Å². The normalized spacial score (nSPS) is 12.7. The van der Waals surface area contributed by atoms with E-state index in [0.29, 0.717) is 44.5 Å². The molecular weight excluding hydrogens is 559 g/mol. The number of carbonyl (C=O) groups is 1. The second-order valence-corrected chi connectivity index (χ2v) is 11.1. The van der Waals surface area contributed by atoms with Crippen LogP contribution in [-0.2, 0) is 11.2 Å². The number of ketones is 1. The molecule has 0 saturated heterocycles. The summed E-state index contributed by atoms with van der Waals surface area (Å²) in [6.07, 6.45) is 5.83. The predicted octanol–water partition coefficient (Wildman–Crippen LogP) is 7.82. The molecule has 41 heavy (non-hydrogen) atoms. The van der Waals surface area contributed by atoms with Crippen LogP contribution in [0.15, 0.2) is 55.3 Å². The number of hydrogen-bond donors (Lipinski definition) is 1. The molecule has 1 fully saturated rings. The van der Waals surface area contributed by atoms with Gasteiger partial charge in [-0.15, -0.1) is 0 Å². The second kappa shape index (κ2) is 12.0. The van der Waals surface area contributed by atoms with Crippen LogP contribution in [0.1, 0.15) is 24.0 Å². The zero-order valence-corrected chi connectivity index (χ0v) is 25.1. The summed E-state index contributed by atoms with van der Waals surface area (Å²) in [6, 6.07) is 11.5. The molecule has 0 bridgehead atoms. The van der Waals surface area contributed by atoms with Crippen molar-refractivity contribution in [3.8, 4) is 22.8 Å². The standard InChI is InChI=1S/C32H32Cl2N4O3/c1-6-22(39)12-20-9-7-8-18(2)31(20)37-27-14-23-21(16-35-27)13-24(36-32(23)38(3)17-19-10-11-19)28-29(33)25(40-4)15-26(41-5)30(28)34/h6-9,13-16,19H,1,10-12,17H2,2-5H3,(H,35,37). The number of nitrogens with zero attached hydrogens (tertiary/aromatic N) is 3. The molecule has 0 amide bonds. The van der Waals surface area contributed by atoms with Gasteiger partial charge in [-0.05, 0) is 55.0 Å². The van der Waals surface area contributed by atoms with Gasteiger partial charge in [0.25, 0.3) is 0 Å². The van der Waals surface area contributed by atoms with Gasteiger partial charge in [-0.3, -0.25) is 4.79 Å². The molecule has 0 atom stereocenters. The first kappa shape index (κ1) is 28.7. The molecule has 1 N–H and O–H groups in total. The van der Waals surface area contributed by atoms with Crippen molar-refractivity contribution in [1.82, 2.24) is 9.97 Å². The fourth-order valence-corrected chi connectivity index (χ4v) is 5.64. The van der Waals surface area contributed by atoms with E-state index in [-0.39, 0.29) is 12.2 Å². The first-order valence-electron chi connectivity index (χ1n) is 13.4. The topological polar surface area (TPSA) is 76.6 Å². The molecule has 5 rings (SSSR count). The van der Waals surface area contributed by atoms with E-state index in [0.717, 1.165) is 39.9 Å². The number of halogens is 2. The average Bonchev–Trinajstić information content (AvgIpc) is 3.78. The summed E-state index contributed by atoms with van der Waals surface area (Å²) in [4.78, 5) is 24.1. The van der Waals surface area contributed by atoms with Crippen LogP contribution in [0.3, 0.4) is 0 Å². The highest BCUT2D eigenvalue weighted by atomic mass is 35.5. The molecule has 0 radical (unpaired) electrons. The molecule has 212 valence electrons. The van der Waals surface area contributed by atoms with Crippen LogP contribution in [0, 0.1) is 12.8 Å². The molecule has 0 spiro atoms. The molecular formula is C32H32Cl2N4O3. The molecule has 0 aliphatic heterocycles. The molecule has 2 aromatic heterocycles. The van der Waals surface area contributed by atoms with Gasteiger partial charge in [-0.25, -0.2) is 9.97 Å². The van der Waals surface area contributed by atoms with Gasteiger partial charge in [0.15, 0.2) is 5.78 Å². The summed E-state index contributed by atoms with van der Waals surface area (Å²) in [5.74, 6) is 2.92. The fraction of sp³-hybridized carbons (Fsp3) is 0.281. The molecule has 1 aliphatic carbocycles. The Labute approximate surface area is 250 Å². The smallest absolute Gasteiger partial charge is 0.159 e. The predicted molar refractivity (Wildman–Crippen MR) is 167 cm³/mol. The summed E-state index contributed by atoms with van der Waals surface area (Å²) < 4.78 is 11.0. The number of hydrogen-bond acceptors (Lipinski definition) is 7. The van der Waals surface area contributed by atoms with Crippen LogP contribution in [0.25, 0.3) is 22.0 Å². The van der Waals surface area contributed by atoms with Gasteiger partial charge in [-0.2, -0.15) is 0 Å². The minimum atomic E-state index is -0.0441. The largest absolute Gasteiger partial charge is 0.495 e. The van der Waals surface area contributed by atoms with Crippen molar-refractivity contribution in [2.24, 2.45) is 5.92 Å². The minimum absolute atomic E-state index is 0.0441. The summed E-state index contributed by atoms with van der Waals surface area (Å²) in [6.45, 7) is 6.50. The van der Waals surface area contributed by atoms with Crippen molar-refractivity contribution in [2.75, 3.05) is 38.0 Å². The Morgan fingerprint density at radius 2 is 1.85 bits per heavy atom. The number of ether oxygens (including phenoxy) is 2. The fourth-order valence-electron chi connectivity index (χ4n) is 4.94. The molecule has 1 saturated carbocycles. The molecule has 2 aromatic carbocycles. The first-order valence-corrected chi connectivity index (χ1v) is 14.1. The molecule has 0 unspecified atom stereocenters. The number of pyridine rings is 2. The maximum atomic E-state index is 12.2. The number of aryl methyl sites for hydroxylation is 1. The molecule has 1 aliphatic rings. The van der Waals surface area contributed by atoms with Gasteiger partial charge in [0.1, 0.15) is 23.1 Å². The third-order valence-corrected chi connectivity index (χ3v) is 8.07. The van der Waals surface area contributed by atoms with Crippen molar-refractivity contribution >= 4 is 57.1 Å². The number of benzene rings is 2. The second-order valence-electron chi connectivity index (χ2n) is 10.3. The third kappa shape index (κ3) is 5.97. The van der Waals surface area contributed by atoms with Crippen LogP contribution in [-0.4, -0.2) is 43.6 Å². The SMILES string of the molecule is C=CC(=O)Cc1cccc(C)c1Nc1cc2c(N(C)CC3CC3)nc(-c3c(Cl)c(OC)cc(OC)c3Cl)cc2cn1. The minimum Gasteiger partial charge on any atom is -0.495 e. The summed E-state index contributed by atoms with van der Waals surface area (Å²) in [5, 5.41) is 5.97. The third-order valence-electron chi connectivity index (χ3n) is 7.32. The van der Waals surface area contributed by atoms with Crippen LogP contribution in [0.4, 0.5) is 17.3 Å². The zero-order valence-electron chi connectivity index (χ0n) is 23.6. The summed E-state index contributed by atoms with van der Waals surface area (Å²) in [7, 11) is 5.15. The number of methoxy groups -OCH3 is 2. The lowest BCUT2D eigenvalue weighted by Crippen LogP contribution is -2.21. The number of fused-ring (bicyclic) bond motifs is 1. The van der Waals surface area contributed by atoms with Gasteiger partial charge >= 0.3 is 0 Å². The quantitative estimate of drug-likeness (QED) is 0.178. The highest BCUT2D eigenvalue weighted by Crippen LogP contribution is 2.46. The van der Waals surface area contributed by atoms with Gasteiger partial charge in [0, 0.05) is 54.3 Å². The zero-order chi connectivity index (χ0) is 29.3. The molecule has 2 heterocycles. The highest BCUT2D eigenvalue weighted by molar-refractivity contribution is 6.41. The van der Waals surface area contributed by atoms with E-state index in [1.165, 1.54) is 18.9 Å². The number of anilines is 3. The Bertz CT molecular complexity index is 1620. The van der Waals surface area contributed by atoms with Crippen LogP contribution in [0.2, 0.25) is 10.0 Å². The van der Waals surface area contributed by atoms with Crippen molar-refractivity contribution in [3.05, 3.63) is 76.4 Å². The lowest BCUT2D eigenvalue weighted by molar-refractivity contribution is -0.114. The van der Waals surface area contributed by atoms with Crippen molar-refractivity contribution in [1.29, 1.82) is 0 Å². The maximum Gasteiger partial charge on any atom is 0.159 e. The molecule has 7 nitrogen and oxygen atoms in total. The van der Waals surface area contributed by atoms with E-state index in [9.17, 15) is 4.79 Å². The van der Waals surface area contributed by atoms with Crippen molar-refractivity contribution in [2.45, 2.75) is 26.2 Å². The van der Waals surface area contributed by atoms with Gasteiger partial charge < -0.3 is 19.7 Å². The lowest BCUT2D eigenvalue weighted by Gasteiger charge is -2.22. The Kier molecular flexibility index (Phi) is 8.38. The van der Waals surface area contributed by atoms with Gasteiger partial charge in [0.2, 0.25) is 0 Å². The van der Waals surface area contributed by atoms with Crippen LogP contribution >= 0.6 is 23.2 Å². The van der Waals surface area contributed by atoms with Crippen molar-refractivity contribution < 1.29 is 14.3 Å². The number of para-hydroxylation sites is 1. The number of allylic oxidation sites excluding steroid dienone is 1. The number of nitrogens with one attached hydrogen (secondary N) is 1. The summed E-state index contributed by atoms with van der Waals surface area (Å²) in [5.41, 5.74) is 3.87. The molecule has 4 aromatic rings. The first-order chi connectivity index (χ1) is 19.7. The van der Waals surface area contributed by atoms with E-state index in [1.807, 2.05) is 50.5 Å². The summed E-state index contributed by atoms with van der Waals surface area (Å²) >= 11 is 13.5. The van der Waals surface area contributed by atoms with Gasteiger partial charge in [-0.1, -0.05) is 48.0 Å². The Hall–Kier alpha value is -3.81. The maximum absolute atomic E-state index is 12.2. The Balaban J connectivity index is 1.64. The highest BCUT2D eigenvalue weighted by Gasteiger charge is 2.26. The molecule has 9 heteroatoms. The Morgan fingerprint density at radius 3 is 2.49 bits per heavy atom. The Morgan fingerprint density at radius 1 is 1.15 bits per heavy atom. The van der Waals surface area contributed by atoms with Gasteiger partial charge in [0.05, 0.1) is 30.0 Å². The van der Waals surface area contributed by atoms with E-state index in [4.69, 9.17) is 42.6 Å². The van der Waals surface area contributed by atoms with Crippen LogP contribution < -0.4 is 19.7 Å². The van der Waals surface area contributed by atoms with E-state index in [1.54, 1.807) is 20.3 Å². The van der Waals surface area contributed by atoms with Crippen molar-refractivity contribution in [3.63, 3.8) is 0 Å². The number of rotatable bonds is 11. The number of aromatic nitrogens is 2. The number of carbonyl (C=O) groups excluding carboxylic acids is 1.